The number of ether oxygens (including phenoxy) is 2. The second kappa shape index (κ2) is 11.2. The molecule has 0 bridgehead atoms. The van der Waals surface area contributed by atoms with Gasteiger partial charge in [-0.1, -0.05) is 42.8 Å². The Morgan fingerprint density at radius 2 is 1.74 bits per heavy atom. The third kappa shape index (κ3) is 8.25. The quantitative estimate of drug-likeness (QED) is 0.558. The van der Waals surface area contributed by atoms with Crippen LogP contribution in [0.4, 0.5) is 4.79 Å². The summed E-state index contributed by atoms with van der Waals surface area (Å²) in [5.41, 5.74) is 2.79. The van der Waals surface area contributed by atoms with Crippen LogP contribution < -0.4 is 10.1 Å². The van der Waals surface area contributed by atoms with E-state index in [2.05, 4.69) is 34.5 Å². The number of nitrogens with one attached hydrogen (secondary N) is 1. The number of hydrogen-bond acceptors (Lipinski definition) is 4. The second-order valence-electron chi connectivity index (χ2n) is 9.18. The Kier molecular flexibility index (Phi) is 8.35. The van der Waals surface area contributed by atoms with Crippen molar-refractivity contribution >= 4 is 6.09 Å². The van der Waals surface area contributed by atoms with Crippen LogP contribution in [-0.4, -0.2) is 42.8 Å². The summed E-state index contributed by atoms with van der Waals surface area (Å²) in [6.07, 6.45) is 4.70. The van der Waals surface area contributed by atoms with Gasteiger partial charge in [-0.15, -0.1) is 0 Å². The minimum atomic E-state index is -0.491. The molecule has 0 spiro atoms. The molecule has 5 heteroatoms. The molecule has 1 aliphatic rings. The Hall–Kier alpha value is -2.53. The van der Waals surface area contributed by atoms with Crippen LogP contribution in [0.5, 0.6) is 5.75 Å². The fourth-order valence-corrected chi connectivity index (χ4v) is 3.73. The van der Waals surface area contributed by atoms with Crippen LogP contribution in [0.2, 0.25) is 0 Å². The molecule has 2 aromatic carbocycles. The van der Waals surface area contributed by atoms with Gasteiger partial charge in [0, 0.05) is 13.1 Å². The number of carbonyl (C=O) groups is 1. The van der Waals surface area contributed by atoms with Gasteiger partial charge in [0.2, 0.25) is 0 Å². The Balaban J connectivity index is 1.46. The van der Waals surface area contributed by atoms with Crippen molar-refractivity contribution in [3.63, 3.8) is 0 Å². The summed E-state index contributed by atoms with van der Waals surface area (Å²) in [6.45, 7) is 10.3. The van der Waals surface area contributed by atoms with E-state index in [9.17, 15) is 4.79 Å². The number of amides is 1. The number of hydrogen-bond donors (Lipinski definition) is 1. The first kappa shape index (κ1) is 23.1. The van der Waals surface area contributed by atoms with Crippen LogP contribution >= 0.6 is 0 Å². The van der Waals surface area contributed by atoms with Crippen molar-refractivity contribution in [2.75, 3.05) is 26.2 Å². The van der Waals surface area contributed by atoms with E-state index in [0.29, 0.717) is 6.54 Å². The fraction of sp³-hybridized carbons (Fsp3) is 0.500. The Morgan fingerprint density at radius 1 is 1.00 bits per heavy atom. The summed E-state index contributed by atoms with van der Waals surface area (Å²) in [5, 5.41) is 2.79. The third-order valence-electron chi connectivity index (χ3n) is 5.29. The highest BCUT2D eigenvalue weighted by Crippen LogP contribution is 2.24. The van der Waals surface area contributed by atoms with Gasteiger partial charge in [0.25, 0.3) is 0 Å². The van der Waals surface area contributed by atoms with Crippen molar-refractivity contribution in [3.8, 4) is 16.9 Å². The minimum Gasteiger partial charge on any atom is -0.494 e. The average Bonchev–Trinajstić information content (AvgIpc) is 2.75. The van der Waals surface area contributed by atoms with Crippen molar-refractivity contribution in [2.24, 2.45) is 0 Å². The van der Waals surface area contributed by atoms with Crippen molar-refractivity contribution < 1.29 is 14.3 Å². The second-order valence-corrected chi connectivity index (χ2v) is 9.18. The van der Waals surface area contributed by atoms with Crippen LogP contribution in [0, 0.1) is 0 Å². The maximum atomic E-state index is 11.8. The van der Waals surface area contributed by atoms with Gasteiger partial charge >= 0.3 is 6.09 Å². The first-order chi connectivity index (χ1) is 14.9. The lowest BCUT2D eigenvalue weighted by molar-refractivity contribution is 0.0523. The largest absolute Gasteiger partial charge is 0.494 e. The van der Waals surface area contributed by atoms with Gasteiger partial charge in [-0.3, -0.25) is 0 Å². The molecule has 2 aromatic rings. The number of likely N-dealkylation sites (tertiary alicyclic amines) is 1. The number of benzene rings is 2. The van der Waals surface area contributed by atoms with E-state index in [-0.39, 0.29) is 0 Å². The van der Waals surface area contributed by atoms with E-state index >= 15 is 0 Å². The lowest BCUT2D eigenvalue weighted by Gasteiger charge is -2.26. The van der Waals surface area contributed by atoms with Crippen molar-refractivity contribution in [1.29, 1.82) is 0 Å². The van der Waals surface area contributed by atoms with Crippen molar-refractivity contribution in [3.05, 3.63) is 54.1 Å². The zero-order chi connectivity index (χ0) is 22.1. The molecule has 1 heterocycles. The predicted molar refractivity (Wildman–Crippen MR) is 125 cm³/mol. The molecule has 1 amide bonds. The molecule has 1 saturated heterocycles. The summed E-state index contributed by atoms with van der Waals surface area (Å²) in [4.78, 5) is 14.4. The van der Waals surface area contributed by atoms with Gasteiger partial charge in [0.15, 0.2) is 0 Å². The summed E-state index contributed by atoms with van der Waals surface area (Å²) in [5.74, 6) is 0.909. The van der Waals surface area contributed by atoms with Crippen LogP contribution in [0.15, 0.2) is 48.5 Å². The number of nitrogens with zero attached hydrogens (tertiary/aromatic N) is 1. The maximum absolute atomic E-state index is 11.8. The molecular formula is C26H36N2O3. The predicted octanol–water partition coefficient (Wildman–Crippen LogP) is 5.63. The lowest BCUT2D eigenvalue weighted by atomic mass is 10.0. The Morgan fingerprint density at radius 3 is 2.45 bits per heavy atom. The molecule has 0 unspecified atom stereocenters. The highest BCUT2D eigenvalue weighted by Gasteiger charge is 2.15. The fourth-order valence-electron chi connectivity index (χ4n) is 3.73. The molecule has 168 valence electrons. The van der Waals surface area contributed by atoms with E-state index < -0.39 is 11.7 Å². The molecule has 0 aromatic heterocycles. The molecule has 1 fully saturated rings. The Labute approximate surface area is 186 Å². The number of alkyl carbamates (subject to hydrolysis) is 1. The summed E-state index contributed by atoms with van der Waals surface area (Å²) in [6, 6.07) is 16.4. The molecule has 31 heavy (non-hydrogen) atoms. The van der Waals surface area contributed by atoms with Crippen molar-refractivity contribution in [1.82, 2.24) is 10.2 Å². The summed E-state index contributed by atoms with van der Waals surface area (Å²) < 4.78 is 11.3. The topological polar surface area (TPSA) is 50.8 Å². The molecule has 1 N–H and O–H groups in total. The van der Waals surface area contributed by atoms with E-state index in [1.54, 1.807) is 0 Å². The Bertz CT molecular complexity index is 821. The van der Waals surface area contributed by atoms with E-state index in [0.717, 1.165) is 42.0 Å². The zero-order valence-corrected chi connectivity index (χ0v) is 19.2. The summed E-state index contributed by atoms with van der Waals surface area (Å²) in [7, 11) is 0. The molecule has 0 saturated carbocycles. The van der Waals surface area contributed by atoms with Crippen LogP contribution in [-0.2, 0) is 11.3 Å². The molecule has 0 radical (unpaired) electrons. The lowest BCUT2D eigenvalue weighted by Crippen LogP contribution is -2.32. The molecule has 5 nitrogen and oxygen atoms in total. The van der Waals surface area contributed by atoms with Gasteiger partial charge in [-0.2, -0.15) is 0 Å². The highest BCUT2D eigenvalue weighted by molar-refractivity contribution is 5.68. The van der Waals surface area contributed by atoms with Crippen LogP contribution in [0.25, 0.3) is 11.1 Å². The number of piperidine rings is 1. The van der Waals surface area contributed by atoms with Crippen molar-refractivity contribution in [2.45, 2.75) is 58.6 Å². The normalized spacial score (nSPS) is 14.8. The van der Waals surface area contributed by atoms with E-state index in [1.165, 1.54) is 32.4 Å². The average molecular weight is 425 g/mol. The van der Waals surface area contributed by atoms with Gasteiger partial charge in [0.1, 0.15) is 11.4 Å². The van der Waals surface area contributed by atoms with Gasteiger partial charge in [0.05, 0.1) is 6.61 Å². The maximum Gasteiger partial charge on any atom is 0.407 e. The first-order valence-corrected chi connectivity index (χ1v) is 11.4. The molecule has 0 aliphatic carbocycles. The first-order valence-electron chi connectivity index (χ1n) is 11.4. The van der Waals surface area contributed by atoms with Crippen LogP contribution in [0.1, 0.15) is 52.0 Å². The SMILES string of the molecule is CC(C)(C)OC(=O)NCc1ccc(-c2cccc(OCCCN3CCCCC3)c2)cc1. The summed E-state index contributed by atoms with van der Waals surface area (Å²) >= 11 is 0. The van der Waals surface area contributed by atoms with Gasteiger partial charge < -0.3 is 19.7 Å². The highest BCUT2D eigenvalue weighted by atomic mass is 16.6. The minimum absolute atomic E-state index is 0.401. The monoisotopic (exact) mass is 424 g/mol. The van der Waals surface area contributed by atoms with E-state index in [1.807, 2.05) is 45.0 Å². The standard InChI is InChI=1S/C26H36N2O3/c1-26(2,3)31-25(29)27-20-21-11-13-22(14-12-21)23-9-7-10-24(19-23)30-18-8-17-28-15-5-4-6-16-28/h7,9-14,19H,4-6,8,15-18,20H2,1-3H3,(H,27,29). The number of rotatable bonds is 8. The molecule has 1 aliphatic heterocycles. The number of carbonyl (C=O) groups excluding carboxylic acids is 1. The molecule has 3 rings (SSSR count). The van der Waals surface area contributed by atoms with Gasteiger partial charge in [-0.05, 0) is 81.9 Å². The van der Waals surface area contributed by atoms with E-state index in [4.69, 9.17) is 9.47 Å². The smallest absolute Gasteiger partial charge is 0.407 e. The third-order valence-corrected chi connectivity index (χ3v) is 5.29. The van der Waals surface area contributed by atoms with Crippen LogP contribution in [0.3, 0.4) is 0 Å². The zero-order valence-electron chi connectivity index (χ0n) is 19.2. The van der Waals surface area contributed by atoms with Gasteiger partial charge in [-0.25, -0.2) is 4.79 Å². The molecular weight excluding hydrogens is 388 g/mol. The molecule has 0 atom stereocenters.